The number of carbonyl (C=O) groups excluding carboxylic acids is 1. The summed E-state index contributed by atoms with van der Waals surface area (Å²) in [5.74, 6) is 1.09. The molecule has 0 fully saturated rings. The molecular weight excluding hydrogens is 326 g/mol. The SMILES string of the molecule is Cc1cc(C)n(Cc2cccc(C(=O)N3CCCc4occc4C3)c2)n1. The fraction of sp³-hybridized carbons (Fsp3) is 0.333. The summed E-state index contributed by atoms with van der Waals surface area (Å²) in [5, 5.41) is 4.51. The van der Waals surface area contributed by atoms with Crippen molar-refractivity contribution in [3.05, 3.63) is 76.5 Å². The number of hydrogen-bond acceptors (Lipinski definition) is 3. The van der Waals surface area contributed by atoms with Gasteiger partial charge in [0.05, 0.1) is 18.5 Å². The summed E-state index contributed by atoms with van der Waals surface area (Å²) in [4.78, 5) is 15.0. The van der Waals surface area contributed by atoms with Crippen LogP contribution in [-0.2, 0) is 19.5 Å². The van der Waals surface area contributed by atoms with Crippen molar-refractivity contribution < 1.29 is 9.21 Å². The predicted molar refractivity (Wildman–Crippen MR) is 99.0 cm³/mol. The third kappa shape index (κ3) is 3.29. The Morgan fingerprint density at radius 1 is 1.23 bits per heavy atom. The maximum absolute atomic E-state index is 13.0. The molecule has 4 rings (SSSR count). The van der Waals surface area contributed by atoms with Crippen LogP contribution < -0.4 is 0 Å². The second-order valence-electron chi connectivity index (χ2n) is 6.98. The zero-order valence-corrected chi connectivity index (χ0v) is 15.2. The zero-order chi connectivity index (χ0) is 18.1. The molecule has 3 heterocycles. The van der Waals surface area contributed by atoms with Crippen molar-refractivity contribution in [1.82, 2.24) is 14.7 Å². The molecule has 0 spiro atoms. The average Bonchev–Trinajstić information content (AvgIpc) is 3.13. The number of hydrogen-bond donors (Lipinski definition) is 0. The van der Waals surface area contributed by atoms with Crippen LogP contribution in [0.5, 0.6) is 0 Å². The van der Waals surface area contributed by atoms with Crippen molar-refractivity contribution in [3.63, 3.8) is 0 Å². The van der Waals surface area contributed by atoms with Gasteiger partial charge in [-0.15, -0.1) is 0 Å². The molecule has 0 aliphatic carbocycles. The first-order valence-electron chi connectivity index (χ1n) is 9.04. The van der Waals surface area contributed by atoms with E-state index in [1.165, 1.54) is 0 Å². The van der Waals surface area contributed by atoms with Crippen molar-refractivity contribution in [2.24, 2.45) is 0 Å². The molecule has 1 aromatic carbocycles. The predicted octanol–water partition coefficient (Wildman–Crippen LogP) is 3.73. The number of furan rings is 1. The largest absolute Gasteiger partial charge is 0.469 e. The van der Waals surface area contributed by atoms with Gasteiger partial charge in [0.2, 0.25) is 0 Å². The Balaban J connectivity index is 1.54. The minimum Gasteiger partial charge on any atom is -0.469 e. The van der Waals surface area contributed by atoms with E-state index in [9.17, 15) is 4.79 Å². The van der Waals surface area contributed by atoms with Crippen molar-refractivity contribution in [2.45, 2.75) is 39.8 Å². The summed E-state index contributed by atoms with van der Waals surface area (Å²) in [6, 6.07) is 11.9. The van der Waals surface area contributed by atoms with Gasteiger partial charge in [-0.05, 0) is 50.1 Å². The molecule has 1 aliphatic rings. The van der Waals surface area contributed by atoms with Crippen LogP contribution >= 0.6 is 0 Å². The molecule has 0 bridgehead atoms. The second kappa shape index (κ2) is 6.83. The molecule has 0 saturated heterocycles. The topological polar surface area (TPSA) is 51.3 Å². The van der Waals surface area contributed by atoms with Gasteiger partial charge in [0.1, 0.15) is 5.76 Å². The molecule has 26 heavy (non-hydrogen) atoms. The summed E-state index contributed by atoms with van der Waals surface area (Å²) >= 11 is 0. The van der Waals surface area contributed by atoms with Gasteiger partial charge in [-0.25, -0.2) is 0 Å². The minimum atomic E-state index is 0.0780. The van der Waals surface area contributed by atoms with Gasteiger partial charge in [-0.3, -0.25) is 9.48 Å². The van der Waals surface area contributed by atoms with Crippen LogP contribution in [-0.4, -0.2) is 27.1 Å². The highest BCUT2D eigenvalue weighted by Crippen LogP contribution is 2.21. The number of benzene rings is 1. The minimum absolute atomic E-state index is 0.0780. The maximum Gasteiger partial charge on any atom is 0.254 e. The first-order chi connectivity index (χ1) is 12.6. The van der Waals surface area contributed by atoms with Crippen LogP contribution in [0, 0.1) is 13.8 Å². The van der Waals surface area contributed by atoms with E-state index in [1.54, 1.807) is 6.26 Å². The first-order valence-corrected chi connectivity index (χ1v) is 9.04. The lowest BCUT2D eigenvalue weighted by Crippen LogP contribution is -2.30. The summed E-state index contributed by atoms with van der Waals surface area (Å²) in [6.07, 6.45) is 3.54. The molecule has 1 amide bonds. The summed E-state index contributed by atoms with van der Waals surface area (Å²) < 4.78 is 7.50. The Hall–Kier alpha value is -2.82. The van der Waals surface area contributed by atoms with Crippen LogP contribution in [0.25, 0.3) is 0 Å². The number of carbonyl (C=O) groups is 1. The lowest BCUT2D eigenvalue weighted by molar-refractivity contribution is 0.0746. The third-order valence-corrected chi connectivity index (χ3v) is 4.93. The number of rotatable bonds is 3. The lowest BCUT2D eigenvalue weighted by atomic mass is 10.1. The number of aromatic nitrogens is 2. The first kappa shape index (κ1) is 16.6. The maximum atomic E-state index is 13.0. The average molecular weight is 349 g/mol. The van der Waals surface area contributed by atoms with Gasteiger partial charge in [0.25, 0.3) is 5.91 Å². The standard InChI is InChI=1S/C21H23N3O2/c1-15-11-16(2)24(22-15)13-17-5-3-6-18(12-17)21(25)23-9-4-7-20-19(14-23)8-10-26-20/h3,5-6,8,10-12H,4,7,9,13-14H2,1-2H3. The Morgan fingerprint density at radius 2 is 2.12 bits per heavy atom. The van der Waals surface area contributed by atoms with Crippen LogP contribution in [0.4, 0.5) is 0 Å². The van der Waals surface area contributed by atoms with Crippen LogP contribution in [0.15, 0.2) is 47.1 Å². The van der Waals surface area contributed by atoms with Gasteiger partial charge in [-0.2, -0.15) is 5.10 Å². The van der Waals surface area contributed by atoms with E-state index < -0.39 is 0 Å². The molecule has 2 aromatic heterocycles. The number of fused-ring (bicyclic) bond motifs is 1. The van der Waals surface area contributed by atoms with Gasteiger partial charge >= 0.3 is 0 Å². The molecule has 134 valence electrons. The van der Waals surface area contributed by atoms with Gasteiger partial charge in [0, 0.05) is 36.3 Å². The van der Waals surface area contributed by atoms with Crippen LogP contribution in [0.2, 0.25) is 0 Å². The molecule has 0 atom stereocenters. The van der Waals surface area contributed by atoms with Gasteiger partial charge in [0.15, 0.2) is 0 Å². The van der Waals surface area contributed by atoms with E-state index in [-0.39, 0.29) is 5.91 Å². The fourth-order valence-corrected chi connectivity index (χ4v) is 3.61. The quantitative estimate of drug-likeness (QED) is 0.724. The van der Waals surface area contributed by atoms with Crippen molar-refractivity contribution in [3.8, 4) is 0 Å². The molecular formula is C21H23N3O2. The smallest absolute Gasteiger partial charge is 0.254 e. The van der Waals surface area contributed by atoms with Gasteiger partial charge in [-0.1, -0.05) is 12.1 Å². The summed E-state index contributed by atoms with van der Waals surface area (Å²) in [6.45, 7) is 6.09. The fourth-order valence-electron chi connectivity index (χ4n) is 3.61. The number of aryl methyl sites for hydroxylation is 3. The van der Waals surface area contributed by atoms with E-state index in [0.717, 1.165) is 53.2 Å². The highest BCUT2D eigenvalue weighted by atomic mass is 16.3. The molecule has 5 nitrogen and oxygen atoms in total. The Morgan fingerprint density at radius 3 is 2.92 bits per heavy atom. The number of nitrogens with zero attached hydrogens (tertiary/aromatic N) is 3. The van der Waals surface area contributed by atoms with Crippen LogP contribution in [0.3, 0.4) is 0 Å². The van der Waals surface area contributed by atoms with Crippen molar-refractivity contribution in [2.75, 3.05) is 6.54 Å². The number of amides is 1. The molecule has 1 aliphatic heterocycles. The van der Waals surface area contributed by atoms with Gasteiger partial charge < -0.3 is 9.32 Å². The molecule has 5 heteroatoms. The van der Waals surface area contributed by atoms with E-state index in [4.69, 9.17) is 4.42 Å². The van der Waals surface area contributed by atoms with Crippen molar-refractivity contribution in [1.29, 1.82) is 0 Å². The Labute approximate surface area is 153 Å². The Bertz CT molecular complexity index is 938. The second-order valence-corrected chi connectivity index (χ2v) is 6.98. The summed E-state index contributed by atoms with van der Waals surface area (Å²) in [7, 11) is 0. The zero-order valence-electron chi connectivity index (χ0n) is 15.2. The molecule has 0 N–H and O–H groups in total. The molecule has 3 aromatic rings. The summed E-state index contributed by atoms with van der Waals surface area (Å²) in [5.41, 5.74) is 5.07. The van der Waals surface area contributed by atoms with Crippen LogP contribution in [0.1, 0.15) is 45.1 Å². The highest BCUT2D eigenvalue weighted by molar-refractivity contribution is 5.94. The molecule has 0 radical (unpaired) electrons. The van der Waals surface area contributed by atoms with E-state index >= 15 is 0 Å². The lowest BCUT2D eigenvalue weighted by Gasteiger charge is -2.20. The van der Waals surface area contributed by atoms with E-state index in [2.05, 4.69) is 18.1 Å². The molecule has 0 saturated carbocycles. The Kier molecular flexibility index (Phi) is 4.37. The monoisotopic (exact) mass is 349 g/mol. The van der Waals surface area contributed by atoms with Crippen molar-refractivity contribution >= 4 is 5.91 Å². The molecule has 0 unspecified atom stereocenters. The normalized spacial score (nSPS) is 14.2. The van der Waals surface area contributed by atoms with E-state index in [1.807, 2.05) is 46.8 Å². The third-order valence-electron chi connectivity index (χ3n) is 4.93. The van der Waals surface area contributed by atoms with E-state index in [0.29, 0.717) is 13.1 Å². The highest BCUT2D eigenvalue weighted by Gasteiger charge is 2.22.